The predicted octanol–water partition coefficient (Wildman–Crippen LogP) is -0.337. The molecule has 12 heavy (non-hydrogen) atoms. The smallest absolute Gasteiger partial charge is 0.109 e. The van der Waals surface area contributed by atoms with Gasteiger partial charge in [0.15, 0.2) is 0 Å². The van der Waals surface area contributed by atoms with Crippen molar-refractivity contribution in [3.63, 3.8) is 0 Å². The highest BCUT2D eigenvalue weighted by molar-refractivity contribution is 5.66. The molecule has 0 bridgehead atoms. The lowest BCUT2D eigenvalue weighted by atomic mass is 10.1. The highest BCUT2D eigenvalue weighted by atomic mass is 15.1. The van der Waals surface area contributed by atoms with Gasteiger partial charge in [-0.25, -0.2) is 0 Å². The SMILES string of the molecule is [C]1NCN=CC1C1N=CCCN1. The van der Waals surface area contributed by atoms with Crippen LogP contribution in [0.5, 0.6) is 0 Å². The van der Waals surface area contributed by atoms with Gasteiger partial charge in [0.2, 0.25) is 0 Å². The molecule has 0 fully saturated rings. The molecule has 0 aliphatic carbocycles. The van der Waals surface area contributed by atoms with E-state index in [4.69, 9.17) is 0 Å². The number of rotatable bonds is 1. The molecule has 0 aromatic heterocycles. The van der Waals surface area contributed by atoms with Crippen LogP contribution in [-0.2, 0) is 0 Å². The average molecular weight is 164 g/mol. The highest BCUT2D eigenvalue weighted by Gasteiger charge is 2.21. The third-order valence-electron chi connectivity index (χ3n) is 1.94. The van der Waals surface area contributed by atoms with Gasteiger partial charge in [-0.15, -0.1) is 0 Å². The van der Waals surface area contributed by atoms with Crippen LogP contribution in [0.15, 0.2) is 9.98 Å². The van der Waals surface area contributed by atoms with Gasteiger partial charge in [0.25, 0.3) is 0 Å². The minimum atomic E-state index is 0.135. The molecule has 0 saturated heterocycles. The van der Waals surface area contributed by atoms with Crippen molar-refractivity contribution in [2.45, 2.75) is 12.6 Å². The normalized spacial score (nSPS) is 35.3. The average Bonchev–Trinajstić information content (AvgIpc) is 2.21. The maximum atomic E-state index is 4.32. The maximum absolute atomic E-state index is 4.32. The van der Waals surface area contributed by atoms with E-state index in [1.165, 1.54) is 0 Å². The van der Waals surface area contributed by atoms with Gasteiger partial charge in [0, 0.05) is 19.0 Å². The molecule has 2 heterocycles. The molecule has 4 heteroatoms. The van der Waals surface area contributed by atoms with Gasteiger partial charge in [-0.1, -0.05) is 0 Å². The molecule has 2 radical (unpaired) electrons. The van der Waals surface area contributed by atoms with E-state index in [2.05, 4.69) is 27.2 Å². The van der Waals surface area contributed by atoms with E-state index < -0.39 is 0 Å². The second kappa shape index (κ2) is 3.78. The van der Waals surface area contributed by atoms with Gasteiger partial charge >= 0.3 is 0 Å². The minimum absolute atomic E-state index is 0.135. The second-order valence-electron chi connectivity index (χ2n) is 2.86. The van der Waals surface area contributed by atoms with Gasteiger partial charge in [-0.2, -0.15) is 0 Å². The quantitative estimate of drug-likeness (QED) is 0.557. The molecule has 0 aromatic rings. The van der Waals surface area contributed by atoms with Crippen LogP contribution >= 0.6 is 0 Å². The van der Waals surface area contributed by atoms with Crippen molar-refractivity contribution in [2.24, 2.45) is 15.9 Å². The summed E-state index contributed by atoms with van der Waals surface area (Å²) < 4.78 is 0. The Morgan fingerprint density at radius 2 is 2.50 bits per heavy atom. The van der Waals surface area contributed by atoms with Crippen molar-refractivity contribution in [3.05, 3.63) is 6.54 Å². The molecule has 64 valence electrons. The summed E-state index contributed by atoms with van der Waals surface area (Å²) in [5.74, 6) is 0.176. The maximum Gasteiger partial charge on any atom is 0.109 e. The topological polar surface area (TPSA) is 48.8 Å². The van der Waals surface area contributed by atoms with Gasteiger partial charge in [0.05, 0.1) is 19.1 Å². The standard InChI is InChI=1S/C8H12N4/c1-2-11-8(12-3-1)7-4-9-6-10-5-7/h2,4,7-8,10,12H,1,3,6H2. The molecular formula is C8H12N4. The van der Waals surface area contributed by atoms with Crippen LogP contribution in [0.1, 0.15) is 6.42 Å². The number of aliphatic imine (C=N–C) groups is 2. The molecule has 2 N–H and O–H groups in total. The van der Waals surface area contributed by atoms with Crippen LogP contribution in [0.25, 0.3) is 0 Å². The summed E-state index contributed by atoms with van der Waals surface area (Å²) >= 11 is 0. The van der Waals surface area contributed by atoms with E-state index in [0.29, 0.717) is 6.67 Å². The van der Waals surface area contributed by atoms with Crippen LogP contribution < -0.4 is 10.6 Å². The summed E-state index contributed by atoms with van der Waals surface area (Å²) in [5, 5.41) is 6.27. The van der Waals surface area contributed by atoms with E-state index in [9.17, 15) is 0 Å². The minimum Gasteiger partial charge on any atom is -0.295 e. The summed E-state index contributed by atoms with van der Waals surface area (Å²) in [5.41, 5.74) is 0. The third kappa shape index (κ3) is 1.70. The Balaban J connectivity index is 1.97. The Bertz CT molecular complexity index is 177. The van der Waals surface area contributed by atoms with Gasteiger partial charge in [-0.3, -0.25) is 20.6 Å². The van der Waals surface area contributed by atoms with E-state index in [0.717, 1.165) is 13.0 Å². The van der Waals surface area contributed by atoms with Crippen LogP contribution in [0, 0.1) is 12.5 Å². The fourth-order valence-electron chi connectivity index (χ4n) is 1.33. The fourth-order valence-corrected chi connectivity index (χ4v) is 1.33. The van der Waals surface area contributed by atoms with Crippen LogP contribution in [0.4, 0.5) is 0 Å². The first kappa shape index (κ1) is 7.89. The van der Waals surface area contributed by atoms with Crippen molar-refractivity contribution < 1.29 is 0 Å². The molecule has 0 amide bonds. The molecule has 2 aliphatic heterocycles. The monoisotopic (exact) mass is 164 g/mol. The zero-order valence-corrected chi connectivity index (χ0v) is 6.83. The largest absolute Gasteiger partial charge is 0.295 e. The number of hydrogen-bond acceptors (Lipinski definition) is 4. The van der Waals surface area contributed by atoms with E-state index in [1.54, 1.807) is 0 Å². The molecule has 0 aromatic carbocycles. The first-order valence-electron chi connectivity index (χ1n) is 4.20. The van der Waals surface area contributed by atoms with Crippen LogP contribution in [0.2, 0.25) is 0 Å². The Morgan fingerprint density at radius 1 is 1.50 bits per heavy atom. The second-order valence-corrected chi connectivity index (χ2v) is 2.86. The Labute approximate surface area is 72.2 Å². The van der Waals surface area contributed by atoms with Gasteiger partial charge < -0.3 is 0 Å². The van der Waals surface area contributed by atoms with Crippen molar-refractivity contribution in [1.29, 1.82) is 0 Å². The summed E-state index contributed by atoms with van der Waals surface area (Å²) in [6, 6.07) is 0. The molecule has 2 aliphatic rings. The summed E-state index contributed by atoms with van der Waals surface area (Å²) in [4.78, 5) is 8.44. The molecule has 2 rings (SSSR count). The number of nitrogens with one attached hydrogen (secondary N) is 2. The highest BCUT2D eigenvalue weighted by Crippen LogP contribution is 2.09. The third-order valence-corrected chi connectivity index (χ3v) is 1.94. The van der Waals surface area contributed by atoms with E-state index in [-0.39, 0.29) is 12.1 Å². The first-order valence-corrected chi connectivity index (χ1v) is 4.20. The van der Waals surface area contributed by atoms with Crippen molar-refractivity contribution in [3.8, 4) is 0 Å². The van der Waals surface area contributed by atoms with Crippen LogP contribution in [-0.4, -0.2) is 31.8 Å². The Kier molecular flexibility index (Phi) is 2.48. The molecule has 4 nitrogen and oxygen atoms in total. The summed E-state index contributed by atoms with van der Waals surface area (Å²) in [7, 11) is 0. The molecule has 2 atom stereocenters. The summed E-state index contributed by atoms with van der Waals surface area (Å²) in [6.45, 7) is 4.76. The lowest BCUT2D eigenvalue weighted by Crippen LogP contribution is -2.42. The van der Waals surface area contributed by atoms with E-state index in [1.807, 2.05) is 12.4 Å². The van der Waals surface area contributed by atoms with Gasteiger partial charge in [0.1, 0.15) is 6.17 Å². The first-order chi connectivity index (χ1) is 5.97. The lowest BCUT2D eigenvalue weighted by Gasteiger charge is -2.25. The van der Waals surface area contributed by atoms with Crippen molar-refractivity contribution in [1.82, 2.24) is 10.6 Å². The molecule has 0 saturated carbocycles. The number of hydrogen-bond donors (Lipinski definition) is 2. The number of nitrogens with zero attached hydrogens (tertiary/aromatic N) is 2. The zero-order chi connectivity index (χ0) is 8.23. The molecule has 2 unspecified atom stereocenters. The predicted molar refractivity (Wildman–Crippen MR) is 48.1 cm³/mol. The van der Waals surface area contributed by atoms with Crippen molar-refractivity contribution >= 4 is 12.4 Å². The zero-order valence-electron chi connectivity index (χ0n) is 6.83. The fraction of sp³-hybridized carbons (Fsp3) is 0.625. The van der Waals surface area contributed by atoms with Crippen LogP contribution in [0.3, 0.4) is 0 Å². The summed E-state index contributed by atoms with van der Waals surface area (Å²) in [6.07, 6.45) is 5.02. The Morgan fingerprint density at radius 3 is 3.17 bits per heavy atom. The van der Waals surface area contributed by atoms with E-state index >= 15 is 0 Å². The molecule has 0 spiro atoms. The van der Waals surface area contributed by atoms with Gasteiger partial charge in [-0.05, 0) is 6.42 Å². The Hall–Kier alpha value is -0.740. The molecular weight excluding hydrogens is 152 g/mol. The van der Waals surface area contributed by atoms with Crippen molar-refractivity contribution in [2.75, 3.05) is 13.2 Å². The lowest BCUT2D eigenvalue weighted by molar-refractivity contribution is 0.447.